The summed E-state index contributed by atoms with van der Waals surface area (Å²) in [6.45, 7) is 0.320. The van der Waals surface area contributed by atoms with Gasteiger partial charge in [-0.2, -0.15) is 0 Å². The number of carbonyl (C=O) groups is 1. The van der Waals surface area contributed by atoms with E-state index in [0.717, 1.165) is 26.6 Å². The lowest BCUT2D eigenvalue weighted by atomic mass is 10.3. The molecule has 2 heterocycles. The average Bonchev–Trinajstić information content (AvgIpc) is 3.20. The largest absolute Gasteiger partial charge is 0.497 e. The molecule has 0 aliphatic carbocycles. The van der Waals surface area contributed by atoms with Crippen molar-refractivity contribution < 1.29 is 13.9 Å². The minimum atomic E-state index is -0.299. The van der Waals surface area contributed by atoms with Crippen molar-refractivity contribution in [3.8, 4) is 5.75 Å². The summed E-state index contributed by atoms with van der Waals surface area (Å²) in [5, 5.41) is 0.605. The molecule has 0 saturated carbocycles. The van der Waals surface area contributed by atoms with Crippen LogP contribution in [-0.2, 0) is 11.3 Å². The monoisotopic (exact) mass is 439 g/mol. The van der Waals surface area contributed by atoms with E-state index in [2.05, 4.69) is 9.97 Å². The third kappa shape index (κ3) is 4.77. The smallest absolute Gasteiger partial charge is 0.239 e. The van der Waals surface area contributed by atoms with Crippen molar-refractivity contribution in [3.63, 3.8) is 0 Å². The molecule has 1 amide bonds. The van der Waals surface area contributed by atoms with Crippen molar-refractivity contribution in [2.24, 2.45) is 0 Å². The molecule has 152 valence electrons. The Morgan fingerprint density at radius 1 is 1.17 bits per heavy atom. The van der Waals surface area contributed by atoms with Crippen molar-refractivity contribution in [3.05, 3.63) is 78.4 Å². The Labute approximate surface area is 181 Å². The SMILES string of the molecule is COc1ccc2nc(N(Cc3ccccn3)C(=O)CSc3ccc(F)cc3)sc2c1. The van der Waals surface area contributed by atoms with Crippen LogP contribution in [0.3, 0.4) is 0 Å². The van der Waals surface area contributed by atoms with Crippen molar-refractivity contribution in [1.82, 2.24) is 9.97 Å². The maximum atomic E-state index is 13.1. The summed E-state index contributed by atoms with van der Waals surface area (Å²) in [6.07, 6.45) is 1.70. The highest BCUT2D eigenvalue weighted by Gasteiger charge is 2.21. The average molecular weight is 440 g/mol. The lowest BCUT2D eigenvalue weighted by Gasteiger charge is -2.19. The summed E-state index contributed by atoms with van der Waals surface area (Å²) in [7, 11) is 1.62. The van der Waals surface area contributed by atoms with Crippen molar-refractivity contribution >= 4 is 44.4 Å². The molecule has 0 radical (unpaired) electrons. The van der Waals surface area contributed by atoms with E-state index in [1.54, 1.807) is 30.3 Å². The minimum absolute atomic E-state index is 0.0963. The summed E-state index contributed by atoms with van der Waals surface area (Å²) < 4.78 is 19.4. The molecule has 2 aromatic heterocycles. The standard InChI is InChI=1S/C22H18FN3O2S2/c1-28-17-7-10-19-20(12-17)30-22(25-19)26(13-16-4-2-3-11-24-16)21(27)14-29-18-8-5-15(23)6-9-18/h2-12H,13-14H2,1H3. The summed E-state index contributed by atoms with van der Waals surface area (Å²) in [6, 6.07) is 17.4. The third-order valence-electron chi connectivity index (χ3n) is 4.34. The normalized spacial score (nSPS) is 10.9. The van der Waals surface area contributed by atoms with Crippen LogP contribution in [-0.4, -0.2) is 28.7 Å². The quantitative estimate of drug-likeness (QED) is 0.372. The number of pyridine rings is 1. The Morgan fingerprint density at radius 2 is 2.00 bits per heavy atom. The molecule has 0 unspecified atom stereocenters. The van der Waals surface area contributed by atoms with Crippen molar-refractivity contribution in [2.45, 2.75) is 11.4 Å². The van der Waals surface area contributed by atoms with E-state index in [0.29, 0.717) is 11.7 Å². The molecule has 0 spiro atoms. The first-order chi connectivity index (χ1) is 14.6. The molecule has 0 aliphatic rings. The lowest BCUT2D eigenvalue weighted by molar-refractivity contribution is -0.116. The van der Waals surface area contributed by atoms with Gasteiger partial charge in [-0.05, 0) is 54.6 Å². The van der Waals surface area contributed by atoms with Gasteiger partial charge in [-0.25, -0.2) is 9.37 Å². The number of rotatable bonds is 7. The summed E-state index contributed by atoms with van der Waals surface area (Å²) in [5.74, 6) is 0.554. The molecule has 0 bridgehead atoms. The molecule has 0 aliphatic heterocycles. The number of aromatic nitrogens is 2. The van der Waals surface area contributed by atoms with Gasteiger partial charge in [0.2, 0.25) is 5.91 Å². The van der Waals surface area contributed by atoms with E-state index < -0.39 is 0 Å². The van der Waals surface area contributed by atoms with Crippen LogP contribution in [0.15, 0.2) is 71.8 Å². The van der Waals surface area contributed by atoms with Gasteiger partial charge in [0.15, 0.2) is 5.13 Å². The summed E-state index contributed by atoms with van der Waals surface area (Å²) in [5.41, 5.74) is 1.58. The number of carbonyl (C=O) groups excluding carboxylic acids is 1. The number of ether oxygens (including phenoxy) is 1. The zero-order valence-corrected chi connectivity index (χ0v) is 17.8. The van der Waals surface area contributed by atoms with Gasteiger partial charge in [-0.15, -0.1) is 11.8 Å². The zero-order chi connectivity index (χ0) is 20.9. The first-order valence-electron chi connectivity index (χ1n) is 9.15. The van der Waals surface area contributed by atoms with Crippen LogP contribution >= 0.6 is 23.1 Å². The van der Waals surface area contributed by atoms with E-state index in [9.17, 15) is 9.18 Å². The van der Waals surface area contributed by atoms with E-state index >= 15 is 0 Å². The number of nitrogens with zero attached hydrogens (tertiary/aromatic N) is 3. The van der Waals surface area contributed by atoms with E-state index in [-0.39, 0.29) is 17.5 Å². The third-order valence-corrected chi connectivity index (χ3v) is 6.38. The second-order valence-corrected chi connectivity index (χ2v) is 8.43. The molecule has 0 fully saturated rings. The number of thiazole rings is 1. The fraction of sp³-hybridized carbons (Fsp3) is 0.136. The van der Waals surface area contributed by atoms with Gasteiger partial charge in [-0.3, -0.25) is 14.7 Å². The Hall–Kier alpha value is -2.97. The van der Waals surface area contributed by atoms with Gasteiger partial charge in [0.1, 0.15) is 11.6 Å². The molecule has 4 rings (SSSR count). The first kappa shape index (κ1) is 20.3. The van der Waals surface area contributed by atoms with Crippen molar-refractivity contribution in [1.29, 1.82) is 0 Å². The molecule has 0 N–H and O–H groups in total. The van der Waals surface area contributed by atoms with Crippen LogP contribution in [0.5, 0.6) is 5.75 Å². The second-order valence-electron chi connectivity index (χ2n) is 6.37. The topological polar surface area (TPSA) is 55.3 Å². The highest BCUT2D eigenvalue weighted by molar-refractivity contribution is 8.00. The maximum absolute atomic E-state index is 13.1. The summed E-state index contributed by atoms with van der Waals surface area (Å²) in [4.78, 5) is 24.6. The number of fused-ring (bicyclic) bond motifs is 1. The van der Waals surface area contributed by atoms with E-state index in [4.69, 9.17) is 4.74 Å². The zero-order valence-electron chi connectivity index (χ0n) is 16.1. The van der Waals surface area contributed by atoms with Gasteiger partial charge < -0.3 is 4.74 Å². The summed E-state index contributed by atoms with van der Waals surface area (Å²) >= 11 is 2.80. The predicted octanol–water partition coefficient (Wildman–Crippen LogP) is 5.16. The van der Waals surface area contributed by atoms with Crippen LogP contribution in [0.25, 0.3) is 10.2 Å². The van der Waals surface area contributed by atoms with E-state index in [1.807, 2.05) is 36.4 Å². The van der Waals surface area contributed by atoms with Gasteiger partial charge in [0.05, 0.1) is 35.3 Å². The maximum Gasteiger partial charge on any atom is 0.239 e. The van der Waals surface area contributed by atoms with E-state index in [1.165, 1.54) is 35.2 Å². The predicted molar refractivity (Wildman–Crippen MR) is 119 cm³/mol. The number of methoxy groups -OCH3 is 1. The van der Waals surface area contributed by atoms with Gasteiger partial charge in [0, 0.05) is 11.1 Å². The first-order valence-corrected chi connectivity index (χ1v) is 11.0. The Kier molecular flexibility index (Phi) is 6.25. The number of thioether (sulfide) groups is 1. The molecule has 2 aromatic carbocycles. The number of hydrogen-bond donors (Lipinski definition) is 0. The molecule has 0 saturated heterocycles. The number of anilines is 1. The van der Waals surface area contributed by atoms with Gasteiger partial charge in [-0.1, -0.05) is 17.4 Å². The molecule has 4 aromatic rings. The van der Waals surface area contributed by atoms with Crippen molar-refractivity contribution in [2.75, 3.05) is 17.8 Å². The highest BCUT2D eigenvalue weighted by atomic mass is 32.2. The fourth-order valence-electron chi connectivity index (χ4n) is 2.81. The number of halogens is 1. The molecular weight excluding hydrogens is 421 g/mol. The molecule has 30 heavy (non-hydrogen) atoms. The molecular formula is C22H18FN3O2S2. The molecule has 0 atom stereocenters. The Morgan fingerprint density at radius 3 is 2.73 bits per heavy atom. The minimum Gasteiger partial charge on any atom is -0.497 e. The lowest BCUT2D eigenvalue weighted by Crippen LogP contribution is -2.32. The van der Waals surface area contributed by atoms with Gasteiger partial charge >= 0.3 is 0 Å². The number of hydrogen-bond acceptors (Lipinski definition) is 6. The number of amides is 1. The van der Waals surface area contributed by atoms with Crippen LogP contribution in [0.2, 0.25) is 0 Å². The Bertz CT molecular complexity index is 1150. The second kappa shape index (κ2) is 9.23. The van der Waals surface area contributed by atoms with Crippen LogP contribution < -0.4 is 9.64 Å². The molecule has 8 heteroatoms. The van der Waals surface area contributed by atoms with Crippen LogP contribution in [0, 0.1) is 5.82 Å². The fourth-order valence-corrected chi connectivity index (χ4v) is 4.59. The van der Waals surface area contributed by atoms with Crippen LogP contribution in [0.1, 0.15) is 5.69 Å². The Balaban J connectivity index is 1.60. The number of benzene rings is 2. The highest BCUT2D eigenvalue weighted by Crippen LogP contribution is 2.32. The molecule has 5 nitrogen and oxygen atoms in total. The van der Waals surface area contributed by atoms with Crippen LogP contribution in [0.4, 0.5) is 9.52 Å². The van der Waals surface area contributed by atoms with Gasteiger partial charge in [0.25, 0.3) is 0 Å².